The van der Waals surface area contributed by atoms with Crippen LogP contribution in [0.15, 0.2) is 22.7 Å². The average molecular weight is 362 g/mol. The average Bonchev–Trinajstić information content (AvgIpc) is 2.97. The van der Waals surface area contributed by atoms with E-state index in [2.05, 4.69) is 15.3 Å². The second kappa shape index (κ2) is 8.42. The van der Waals surface area contributed by atoms with Gasteiger partial charge >= 0.3 is 5.97 Å². The molecule has 0 unspecified atom stereocenters. The predicted octanol–water partition coefficient (Wildman–Crippen LogP) is 2.30. The standard InChI is InChI=1S/C15H14N4O3S2/c1-9-5-10(2)18-15(17-9)24-8-13(21)22-7-12(20)19-14-11(6-16)3-4-23-14/h3-5H,7-8H2,1-2H3,(H,19,20). The van der Waals surface area contributed by atoms with Gasteiger partial charge in [-0.05, 0) is 31.4 Å². The maximum absolute atomic E-state index is 11.7. The Labute approximate surface area is 147 Å². The van der Waals surface area contributed by atoms with E-state index in [0.29, 0.717) is 15.7 Å². The van der Waals surface area contributed by atoms with Gasteiger partial charge in [-0.25, -0.2) is 9.97 Å². The Balaban J connectivity index is 1.76. The number of ether oxygens (including phenoxy) is 1. The van der Waals surface area contributed by atoms with Gasteiger partial charge in [-0.3, -0.25) is 9.59 Å². The molecule has 2 aromatic rings. The van der Waals surface area contributed by atoms with Crippen LogP contribution in [0.3, 0.4) is 0 Å². The van der Waals surface area contributed by atoms with Crippen molar-refractivity contribution in [2.45, 2.75) is 19.0 Å². The number of nitrogens with one attached hydrogen (secondary N) is 1. The van der Waals surface area contributed by atoms with Crippen LogP contribution >= 0.6 is 23.1 Å². The van der Waals surface area contributed by atoms with Crippen LogP contribution in [0.2, 0.25) is 0 Å². The minimum atomic E-state index is -0.537. The van der Waals surface area contributed by atoms with Crippen LogP contribution in [0.4, 0.5) is 5.00 Å². The summed E-state index contributed by atoms with van der Waals surface area (Å²) >= 11 is 2.38. The van der Waals surface area contributed by atoms with E-state index in [1.165, 1.54) is 11.3 Å². The molecule has 0 atom stereocenters. The molecule has 0 saturated heterocycles. The van der Waals surface area contributed by atoms with Gasteiger partial charge in [0.15, 0.2) is 11.8 Å². The number of rotatable bonds is 6. The van der Waals surface area contributed by atoms with Crippen molar-refractivity contribution in [3.05, 3.63) is 34.5 Å². The Morgan fingerprint density at radius 3 is 2.75 bits per heavy atom. The van der Waals surface area contributed by atoms with E-state index in [-0.39, 0.29) is 5.75 Å². The van der Waals surface area contributed by atoms with Crippen LogP contribution in [0.25, 0.3) is 0 Å². The zero-order chi connectivity index (χ0) is 17.5. The highest BCUT2D eigenvalue weighted by atomic mass is 32.2. The molecule has 24 heavy (non-hydrogen) atoms. The first-order valence-electron chi connectivity index (χ1n) is 6.86. The fraction of sp³-hybridized carbons (Fsp3) is 0.267. The number of anilines is 1. The molecule has 0 aromatic carbocycles. The molecule has 1 amide bonds. The smallest absolute Gasteiger partial charge is 0.316 e. The van der Waals surface area contributed by atoms with Crippen molar-refractivity contribution in [2.24, 2.45) is 0 Å². The molecule has 0 bridgehead atoms. The molecule has 0 radical (unpaired) electrons. The van der Waals surface area contributed by atoms with Gasteiger partial charge in [-0.2, -0.15) is 5.26 Å². The van der Waals surface area contributed by atoms with Gasteiger partial charge in [0.25, 0.3) is 5.91 Å². The number of aryl methyl sites for hydroxylation is 2. The summed E-state index contributed by atoms with van der Waals surface area (Å²) in [6, 6.07) is 5.41. The first-order chi connectivity index (χ1) is 11.5. The summed E-state index contributed by atoms with van der Waals surface area (Å²) in [4.78, 5) is 31.8. The summed E-state index contributed by atoms with van der Waals surface area (Å²) in [7, 11) is 0. The number of nitrogens with zero attached hydrogens (tertiary/aromatic N) is 3. The van der Waals surface area contributed by atoms with Crippen LogP contribution in [0, 0.1) is 25.2 Å². The number of hydrogen-bond donors (Lipinski definition) is 1. The lowest BCUT2D eigenvalue weighted by Gasteiger charge is -2.06. The van der Waals surface area contributed by atoms with Gasteiger partial charge in [-0.15, -0.1) is 11.3 Å². The van der Waals surface area contributed by atoms with Crippen molar-refractivity contribution in [3.8, 4) is 6.07 Å². The molecule has 0 spiro atoms. The molecule has 2 heterocycles. The first-order valence-corrected chi connectivity index (χ1v) is 8.72. The van der Waals surface area contributed by atoms with Crippen molar-refractivity contribution in [1.29, 1.82) is 5.26 Å². The van der Waals surface area contributed by atoms with E-state index in [0.717, 1.165) is 23.1 Å². The summed E-state index contributed by atoms with van der Waals surface area (Å²) in [6.45, 7) is 3.29. The minimum Gasteiger partial charge on any atom is -0.455 e. The lowest BCUT2D eigenvalue weighted by Crippen LogP contribution is -2.21. The number of carbonyl (C=O) groups is 2. The molecule has 0 aliphatic carbocycles. The summed E-state index contributed by atoms with van der Waals surface area (Å²) < 4.78 is 4.90. The van der Waals surface area contributed by atoms with Gasteiger partial charge in [0, 0.05) is 11.4 Å². The molecule has 0 fully saturated rings. The summed E-state index contributed by atoms with van der Waals surface area (Å²) in [5.74, 6) is -1.02. The van der Waals surface area contributed by atoms with Gasteiger partial charge < -0.3 is 10.1 Å². The lowest BCUT2D eigenvalue weighted by molar-refractivity contribution is -0.144. The summed E-state index contributed by atoms with van der Waals surface area (Å²) in [5, 5.41) is 14.0. The third-order valence-electron chi connectivity index (χ3n) is 2.68. The fourth-order valence-electron chi connectivity index (χ4n) is 1.73. The first kappa shape index (κ1) is 17.9. The number of thioether (sulfide) groups is 1. The molecule has 2 rings (SSSR count). The molecule has 9 heteroatoms. The largest absolute Gasteiger partial charge is 0.455 e. The number of nitriles is 1. The maximum Gasteiger partial charge on any atom is 0.316 e. The van der Waals surface area contributed by atoms with Crippen LogP contribution in [0.5, 0.6) is 0 Å². The molecule has 7 nitrogen and oxygen atoms in total. The molecule has 0 saturated carbocycles. The molecule has 1 N–H and O–H groups in total. The molecular formula is C15H14N4O3S2. The van der Waals surface area contributed by atoms with Crippen molar-refractivity contribution in [3.63, 3.8) is 0 Å². The van der Waals surface area contributed by atoms with Crippen LogP contribution in [0.1, 0.15) is 17.0 Å². The van der Waals surface area contributed by atoms with Crippen LogP contribution in [-0.2, 0) is 14.3 Å². The second-order valence-electron chi connectivity index (χ2n) is 4.71. The Hall–Kier alpha value is -2.44. The van der Waals surface area contributed by atoms with E-state index < -0.39 is 18.5 Å². The van der Waals surface area contributed by atoms with Crippen LogP contribution in [-0.4, -0.2) is 34.2 Å². The van der Waals surface area contributed by atoms with E-state index in [1.807, 2.05) is 26.0 Å². The molecule has 0 aliphatic heterocycles. The molecule has 2 aromatic heterocycles. The Morgan fingerprint density at radius 1 is 1.38 bits per heavy atom. The van der Waals surface area contributed by atoms with E-state index in [4.69, 9.17) is 10.00 Å². The number of esters is 1. The highest BCUT2D eigenvalue weighted by Crippen LogP contribution is 2.21. The normalized spacial score (nSPS) is 10.0. The van der Waals surface area contributed by atoms with Gasteiger partial charge in [0.2, 0.25) is 0 Å². The SMILES string of the molecule is Cc1cc(C)nc(SCC(=O)OCC(=O)Nc2sccc2C#N)n1. The quantitative estimate of drug-likeness (QED) is 0.477. The number of amides is 1. The Morgan fingerprint density at radius 2 is 2.08 bits per heavy atom. The second-order valence-corrected chi connectivity index (χ2v) is 6.56. The third-order valence-corrected chi connectivity index (χ3v) is 4.33. The number of thiophene rings is 1. The highest BCUT2D eigenvalue weighted by molar-refractivity contribution is 7.99. The zero-order valence-electron chi connectivity index (χ0n) is 13.0. The third kappa shape index (κ3) is 5.33. The van der Waals surface area contributed by atoms with Crippen molar-refractivity contribution < 1.29 is 14.3 Å². The van der Waals surface area contributed by atoms with Gasteiger partial charge in [-0.1, -0.05) is 11.8 Å². The zero-order valence-corrected chi connectivity index (χ0v) is 14.7. The summed E-state index contributed by atoms with van der Waals surface area (Å²) in [5.41, 5.74) is 2.02. The fourth-order valence-corrected chi connectivity index (χ4v) is 3.23. The van der Waals surface area contributed by atoms with Crippen molar-refractivity contribution in [1.82, 2.24) is 9.97 Å². The topological polar surface area (TPSA) is 105 Å². The van der Waals surface area contributed by atoms with Gasteiger partial charge in [0.1, 0.15) is 11.1 Å². The van der Waals surface area contributed by atoms with E-state index >= 15 is 0 Å². The summed E-state index contributed by atoms with van der Waals surface area (Å²) in [6.07, 6.45) is 0. The lowest BCUT2D eigenvalue weighted by atomic mass is 10.3. The molecule has 0 aliphatic rings. The number of hydrogen-bond acceptors (Lipinski definition) is 8. The molecular weight excluding hydrogens is 348 g/mol. The van der Waals surface area contributed by atoms with E-state index in [9.17, 15) is 9.59 Å². The van der Waals surface area contributed by atoms with Crippen molar-refractivity contribution >= 4 is 40.0 Å². The highest BCUT2D eigenvalue weighted by Gasteiger charge is 2.12. The predicted molar refractivity (Wildman–Crippen MR) is 90.9 cm³/mol. The number of aromatic nitrogens is 2. The number of carbonyl (C=O) groups excluding carboxylic acids is 2. The van der Waals surface area contributed by atoms with Crippen molar-refractivity contribution in [2.75, 3.05) is 17.7 Å². The monoisotopic (exact) mass is 362 g/mol. The maximum atomic E-state index is 11.7. The minimum absolute atomic E-state index is 0.0125. The van der Waals surface area contributed by atoms with Gasteiger partial charge in [0.05, 0.1) is 11.3 Å². The van der Waals surface area contributed by atoms with E-state index in [1.54, 1.807) is 11.4 Å². The Kier molecular flexibility index (Phi) is 6.28. The Bertz CT molecular complexity index is 778. The van der Waals surface area contributed by atoms with Crippen LogP contribution < -0.4 is 5.32 Å². The molecule has 124 valence electrons.